The Labute approximate surface area is 96.6 Å². The summed E-state index contributed by atoms with van der Waals surface area (Å²) < 4.78 is 21.5. The average molecular weight is 234 g/mol. The third-order valence-electron chi connectivity index (χ3n) is 2.29. The van der Waals surface area contributed by atoms with Gasteiger partial charge in [0.1, 0.15) is 0 Å². The highest BCUT2D eigenvalue weighted by Gasteiger charge is 2.08. The Kier molecular flexibility index (Phi) is 8.65. The minimum Gasteiger partial charge on any atom is -0.396 e. The fourth-order valence-corrected chi connectivity index (χ4v) is 1.36. The Bertz CT molecular complexity index is 139. The lowest BCUT2D eigenvalue weighted by Gasteiger charge is -2.15. The summed E-state index contributed by atoms with van der Waals surface area (Å²) in [4.78, 5) is 0. The van der Waals surface area contributed by atoms with Gasteiger partial charge >= 0.3 is 0 Å². The fraction of sp³-hybridized carbons (Fsp3) is 1.00. The molecule has 0 aromatic rings. The highest BCUT2D eigenvalue weighted by molar-refractivity contribution is 4.55. The zero-order valence-electron chi connectivity index (χ0n) is 9.73. The van der Waals surface area contributed by atoms with Crippen LogP contribution in [0.1, 0.15) is 6.42 Å². The molecule has 0 atom stereocenters. The van der Waals surface area contributed by atoms with Crippen LogP contribution in [0.25, 0.3) is 0 Å². The molecule has 0 bridgehead atoms. The van der Waals surface area contributed by atoms with E-state index in [4.69, 9.17) is 24.1 Å². The van der Waals surface area contributed by atoms with Crippen LogP contribution in [0.5, 0.6) is 0 Å². The number of aliphatic hydroxyl groups excluding tert-OH is 1. The molecule has 0 saturated carbocycles. The van der Waals surface area contributed by atoms with Gasteiger partial charge in [0.2, 0.25) is 0 Å². The van der Waals surface area contributed by atoms with Crippen molar-refractivity contribution in [1.29, 1.82) is 0 Å². The molecule has 96 valence electrons. The topological polar surface area (TPSA) is 57.2 Å². The Hall–Kier alpha value is -0.200. The van der Waals surface area contributed by atoms with E-state index in [1.807, 2.05) is 0 Å². The maximum absolute atomic E-state index is 9.07. The van der Waals surface area contributed by atoms with Crippen molar-refractivity contribution < 1.29 is 24.1 Å². The van der Waals surface area contributed by atoms with Crippen LogP contribution in [-0.2, 0) is 18.9 Å². The van der Waals surface area contributed by atoms with Crippen molar-refractivity contribution in [2.45, 2.75) is 6.42 Å². The molecule has 5 heteroatoms. The third-order valence-corrected chi connectivity index (χ3v) is 2.29. The molecule has 0 amide bonds. The lowest BCUT2D eigenvalue weighted by atomic mass is 10.2. The molecule has 1 aliphatic heterocycles. The predicted molar refractivity (Wildman–Crippen MR) is 58.5 cm³/mol. The van der Waals surface area contributed by atoms with Crippen molar-refractivity contribution in [3.8, 4) is 0 Å². The molecule has 0 radical (unpaired) electrons. The van der Waals surface area contributed by atoms with E-state index >= 15 is 0 Å². The van der Waals surface area contributed by atoms with E-state index < -0.39 is 0 Å². The number of rotatable bonds is 1. The first-order valence-electron chi connectivity index (χ1n) is 5.85. The molecule has 1 rings (SSSR count). The monoisotopic (exact) mass is 234 g/mol. The van der Waals surface area contributed by atoms with Gasteiger partial charge in [0.05, 0.1) is 46.2 Å². The Balaban J connectivity index is 2.16. The van der Waals surface area contributed by atoms with Crippen molar-refractivity contribution in [3.63, 3.8) is 0 Å². The van der Waals surface area contributed by atoms with Crippen LogP contribution in [0.4, 0.5) is 0 Å². The van der Waals surface area contributed by atoms with Crippen molar-refractivity contribution in [2.24, 2.45) is 5.92 Å². The molecular formula is C11H22O5. The fourth-order valence-electron chi connectivity index (χ4n) is 1.36. The van der Waals surface area contributed by atoms with E-state index in [1.165, 1.54) is 0 Å². The van der Waals surface area contributed by atoms with Gasteiger partial charge in [0.25, 0.3) is 0 Å². The van der Waals surface area contributed by atoms with Crippen LogP contribution in [0, 0.1) is 5.92 Å². The number of hydrogen-bond donors (Lipinski definition) is 1. The molecule has 0 spiro atoms. The zero-order chi connectivity index (χ0) is 11.5. The van der Waals surface area contributed by atoms with Gasteiger partial charge in [-0.1, -0.05) is 0 Å². The summed E-state index contributed by atoms with van der Waals surface area (Å²) in [6.45, 7) is 4.84. The first-order valence-corrected chi connectivity index (χ1v) is 5.85. The first-order chi connectivity index (χ1) is 7.93. The summed E-state index contributed by atoms with van der Waals surface area (Å²) in [5, 5.41) is 9.07. The lowest BCUT2D eigenvalue weighted by Crippen LogP contribution is -2.23. The normalized spacial score (nSPS) is 23.8. The van der Waals surface area contributed by atoms with Crippen LogP contribution in [0.2, 0.25) is 0 Å². The number of aliphatic hydroxyl groups is 1. The average Bonchev–Trinajstić information content (AvgIpc) is 2.32. The highest BCUT2D eigenvalue weighted by atomic mass is 16.5. The van der Waals surface area contributed by atoms with Crippen LogP contribution >= 0.6 is 0 Å². The summed E-state index contributed by atoms with van der Waals surface area (Å²) in [5.74, 6) is 0.0444. The molecule has 16 heavy (non-hydrogen) atoms. The second-order valence-corrected chi connectivity index (χ2v) is 3.78. The van der Waals surface area contributed by atoms with Gasteiger partial charge in [-0.05, 0) is 6.42 Å². The van der Waals surface area contributed by atoms with Crippen LogP contribution < -0.4 is 0 Å². The molecule has 1 heterocycles. The van der Waals surface area contributed by atoms with Crippen LogP contribution in [-0.4, -0.2) is 64.6 Å². The predicted octanol–water partition coefficient (Wildman–Crippen LogP) is 0.0650. The molecule has 0 unspecified atom stereocenters. The minimum atomic E-state index is 0.0444. The first kappa shape index (κ1) is 13.9. The Morgan fingerprint density at radius 2 is 1.25 bits per heavy atom. The van der Waals surface area contributed by atoms with Gasteiger partial charge in [0, 0.05) is 19.1 Å². The van der Waals surface area contributed by atoms with Gasteiger partial charge in [-0.15, -0.1) is 0 Å². The summed E-state index contributed by atoms with van der Waals surface area (Å²) in [6.07, 6.45) is 0.902. The van der Waals surface area contributed by atoms with Crippen molar-refractivity contribution in [2.75, 3.05) is 59.5 Å². The summed E-state index contributed by atoms with van der Waals surface area (Å²) in [5.41, 5.74) is 0. The largest absolute Gasteiger partial charge is 0.396 e. The second kappa shape index (κ2) is 9.99. The highest BCUT2D eigenvalue weighted by Crippen LogP contribution is 1.99. The van der Waals surface area contributed by atoms with E-state index in [2.05, 4.69) is 0 Å². The van der Waals surface area contributed by atoms with Gasteiger partial charge in [-0.2, -0.15) is 0 Å². The van der Waals surface area contributed by atoms with E-state index in [0.29, 0.717) is 52.9 Å². The standard InChI is InChI=1S/C11H22O5/c12-8-11-9-15-6-4-13-2-1-3-14-5-7-16-10-11/h11-12H,1-10H2. The zero-order valence-corrected chi connectivity index (χ0v) is 9.73. The minimum absolute atomic E-state index is 0.0444. The smallest absolute Gasteiger partial charge is 0.0700 e. The number of hydrogen-bond acceptors (Lipinski definition) is 5. The number of ether oxygens (including phenoxy) is 4. The molecular weight excluding hydrogens is 212 g/mol. The SMILES string of the molecule is OCC1COCCOCCCOCCOC1. The maximum Gasteiger partial charge on any atom is 0.0700 e. The van der Waals surface area contributed by atoms with Gasteiger partial charge in [-0.3, -0.25) is 0 Å². The molecule has 0 aliphatic carbocycles. The van der Waals surface area contributed by atoms with Crippen LogP contribution in [0.3, 0.4) is 0 Å². The second-order valence-electron chi connectivity index (χ2n) is 3.78. The van der Waals surface area contributed by atoms with Crippen molar-refractivity contribution in [3.05, 3.63) is 0 Å². The van der Waals surface area contributed by atoms with E-state index in [1.54, 1.807) is 0 Å². The van der Waals surface area contributed by atoms with Gasteiger partial charge < -0.3 is 24.1 Å². The quantitative estimate of drug-likeness (QED) is 0.695. The molecule has 0 aromatic heterocycles. The molecule has 1 N–H and O–H groups in total. The van der Waals surface area contributed by atoms with Crippen molar-refractivity contribution >= 4 is 0 Å². The lowest BCUT2D eigenvalue weighted by molar-refractivity contribution is -0.0279. The summed E-state index contributed by atoms with van der Waals surface area (Å²) in [6, 6.07) is 0. The summed E-state index contributed by atoms with van der Waals surface area (Å²) in [7, 11) is 0. The maximum atomic E-state index is 9.07. The van der Waals surface area contributed by atoms with Crippen LogP contribution in [0.15, 0.2) is 0 Å². The molecule has 0 aromatic carbocycles. The van der Waals surface area contributed by atoms with Gasteiger partial charge in [0.15, 0.2) is 0 Å². The van der Waals surface area contributed by atoms with Crippen molar-refractivity contribution in [1.82, 2.24) is 0 Å². The Morgan fingerprint density at radius 1 is 0.750 bits per heavy atom. The molecule has 1 saturated heterocycles. The van der Waals surface area contributed by atoms with E-state index in [9.17, 15) is 0 Å². The Morgan fingerprint density at radius 3 is 1.75 bits per heavy atom. The van der Waals surface area contributed by atoms with E-state index in [0.717, 1.165) is 6.42 Å². The van der Waals surface area contributed by atoms with E-state index in [-0.39, 0.29) is 12.5 Å². The third kappa shape index (κ3) is 7.14. The summed E-state index contributed by atoms with van der Waals surface area (Å²) >= 11 is 0. The molecule has 5 nitrogen and oxygen atoms in total. The van der Waals surface area contributed by atoms with Gasteiger partial charge in [-0.25, -0.2) is 0 Å². The molecule has 1 fully saturated rings. The molecule has 1 aliphatic rings.